The van der Waals surface area contributed by atoms with Crippen LogP contribution < -0.4 is 10.6 Å². The number of Topliss-reactive ketones (excluding diaryl/α,β-unsaturated/α-hetero) is 1. The number of aromatic amines is 2. The molecule has 0 amide bonds. The average molecular weight is 978 g/mol. The maximum absolute atomic E-state index is 14.0. The molecule has 2 unspecified atom stereocenters. The van der Waals surface area contributed by atoms with E-state index in [0.717, 1.165) is 128 Å². The third kappa shape index (κ3) is 10.8. The molecule has 0 bridgehead atoms. The maximum atomic E-state index is 14.0. The Kier molecular flexibility index (Phi) is 15.2. The van der Waals surface area contributed by atoms with Crippen LogP contribution in [0.1, 0.15) is 75.6 Å². The molecule has 13 nitrogen and oxygen atoms in total. The summed E-state index contributed by atoms with van der Waals surface area (Å²) >= 11 is 16.7. The fraction of sp³-hybridized carbons (Fsp3) is 0.612. The summed E-state index contributed by atoms with van der Waals surface area (Å²) in [4.78, 5) is 40.8. The van der Waals surface area contributed by atoms with E-state index in [1.165, 1.54) is 51.4 Å². The quantitative estimate of drug-likeness (QED) is 0.0593. The van der Waals surface area contributed by atoms with Crippen molar-refractivity contribution in [3.05, 3.63) is 57.8 Å². The second-order valence-electron chi connectivity index (χ2n) is 19.4. The number of halogens is 2. The molecule has 356 valence electrons. The zero-order valence-electron chi connectivity index (χ0n) is 38.0. The van der Waals surface area contributed by atoms with Gasteiger partial charge in [-0.3, -0.25) is 24.6 Å². The molecule has 0 radical (unpaired) electrons. The number of benzene rings is 2. The molecule has 4 atom stereocenters. The van der Waals surface area contributed by atoms with Crippen LogP contribution in [-0.4, -0.2) is 182 Å². The lowest BCUT2D eigenvalue weighted by atomic mass is 10.0. The molecule has 4 fully saturated rings. The molecule has 2 aromatic carbocycles. The van der Waals surface area contributed by atoms with Crippen LogP contribution in [-0.2, 0) is 4.79 Å². The third-order valence-corrected chi connectivity index (χ3v) is 17.7. The van der Waals surface area contributed by atoms with Crippen molar-refractivity contribution in [1.29, 1.82) is 0 Å². The Morgan fingerprint density at radius 3 is 1.44 bits per heavy atom. The number of aliphatic hydroxyl groups excluding tert-OH is 2. The number of nitrogens with zero attached hydrogens (tertiary/aromatic N) is 6. The van der Waals surface area contributed by atoms with Crippen molar-refractivity contribution in [2.45, 2.75) is 100 Å². The minimum atomic E-state index is -0.614. The number of H-pyrrole nitrogens is 2. The zero-order chi connectivity index (χ0) is 45.1. The molecule has 6 N–H and O–H groups in total. The number of hydrogen-bond acceptors (Lipinski definition) is 13. The molecule has 4 aliphatic heterocycles. The Balaban J connectivity index is 0.661. The minimum absolute atomic E-state index is 0.0713. The van der Waals surface area contributed by atoms with Crippen molar-refractivity contribution < 1.29 is 15.0 Å². The number of anilines is 2. The first-order valence-corrected chi connectivity index (χ1v) is 27.3. The molecule has 66 heavy (non-hydrogen) atoms. The highest BCUT2D eigenvalue weighted by molar-refractivity contribution is 8.15. The fourth-order valence-corrected chi connectivity index (χ4v) is 13.7. The highest BCUT2D eigenvalue weighted by atomic mass is 35.5. The van der Waals surface area contributed by atoms with Crippen molar-refractivity contribution in [1.82, 2.24) is 29.6 Å². The summed E-state index contributed by atoms with van der Waals surface area (Å²) in [5.41, 5.74) is 6.48. The molecule has 2 saturated carbocycles. The number of thioether (sulfide) groups is 2. The highest BCUT2D eigenvalue weighted by Gasteiger charge is 2.37. The van der Waals surface area contributed by atoms with E-state index in [-0.39, 0.29) is 31.1 Å². The Morgan fingerprint density at radius 2 is 1.05 bits per heavy atom. The van der Waals surface area contributed by atoms with E-state index in [1.54, 1.807) is 0 Å². The van der Waals surface area contributed by atoms with Crippen LogP contribution in [0.2, 0.25) is 10.0 Å². The number of rotatable bonds is 18. The van der Waals surface area contributed by atoms with Crippen LogP contribution in [0.25, 0.3) is 21.8 Å². The summed E-state index contributed by atoms with van der Waals surface area (Å²) in [5, 5.41) is 34.4. The summed E-state index contributed by atoms with van der Waals surface area (Å²) in [6.45, 7) is 7.60. The number of fused-ring (bicyclic) bond motifs is 2. The summed E-state index contributed by atoms with van der Waals surface area (Å²) in [7, 11) is 0. The molecular formula is C49H66Cl2N10O3S2. The largest absolute Gasteiger partial charge is 0.394 e. The molecular weight excluding hydrogens is 912 g/mol. The first-order chi connectivity index (χ1) is 32.3. The van der Waals surface area contributed by atoms with Gasteiger partial charge in [0, 0.05) is 110 Å². The van der Waals surface area contributed by atoms with Crippen LogP contribution in [0.4, 0.5) is 11.4 Å². The predicted octanol–water partition coefficient (Wildman–Crippen LogP) is 7.40. The smallest absolute Gasteiger partial charge is 0.171 e. The van der Waals surface area contributed by atoms with Gasteiger partial charge >= 0.3 is 0 Å². The number of aromatic nitrogens is 2. The van der Waals surface area contributed by atoms with Crippen LogP contribution in [0.15, 0.2) is 46.4 Å². The number of ketones is 1. The second-order valence-corrected chi connectivity index (χ2v) is 22.3. The third-order valence-electron chi connectivity index (χ3n) is 15.0. The van der Waals surface area contributed by atoms with E-state index in [9.17, 15) is 15.0 Å². The van der Waals surface area contributed by atoms with E-state index < -0.39 is 12.1 Å². The molecule has 0 spiro atoms. The van der Waals surface area contributed by atoms with Gasteiger partial charge < -0.3 is 40.6 Å². The van der Waals surface area contributed by atoms with Crippen molar-refractivity contribution in [2.75, 3.05) is 101 Å². The highest BCUT2D eigenvalue weighted by Crippen LogP contribution is 2.36. The van der Waals surface area contributed by atoms with E-state index in [1.807, 2.05) is 47.8 Å². The van der Waals surface area contributed by atoms with Gasteiger partial charge in [-0.05, 0) is 74.9 Å². The van der Waals surface area contributed by atoms with Crippen molar-refractivity contribution >= 4 is 95.8 Å². The van der Waals surface area contributed by atoms with E-state index >= 15 is 0 Å². The second kappa shape index (κ2) is 21.4. The van der Waals surface area contributed by atoms with Gasteiger partial charge in [0.25, 0.3) is 0 Å². The zero-order valence-corrected chi connectivity index (χ0v) is 41.1. The molecule has 2 aromatic heterocycles. The summed E-state index contributed by atoms with van der Waals surface area (Å²) in [6.07, 6.45) is 11.9. The Bertz CT molecular complexity index is 2220. The molecule has 4 aromatic rings. The lowest BCUT2D eigenvalue weighted by molar-refractivity contribution is -0.134. The van der Waals surface area contributed by atoms with E-state index in [4.69, 9.17) is 33.2 Å². The van der Waals surface area contributed by atoms with Gasteiger partial charge in [0.1, 0.15) is 10.1 Å². The predicted molar refractivity (Wildman–Crippen MR) is 276 cm³/mol. The number of hydrogen-bond donors (Lipinski definition) is 6. The monoisotopic (exact) mass is 976 g/mol. The summed E-state index contributed by atoms with van der Waals surface area (Å²) in [5.74, 6) is 1.86. The summed E-state index contributed by atoms with van der Waals surface area (Å²) in [6, 6.07) is 12.8. The standard InChI is InChI=1S/C49H66Cl2N10O3S2/c50-33-21-31-23-41(56-45(31)39(25-33)52-35-5-1-2-6-35)48-54-37(29-65-48)9-11-58-13-17-60(18-14-58)43(27-62)47(64)44(28-63)61-19-15-59(16-20-61)12-10-38-30-66-49(55-38)42-24-32-22-34(51)26-40(46(32)57-42)53-36-7-3-4-8-36/h21-26,35-38,43-44,52-53,56-57,62-63H,1-20,27-30H2/t37-,38-,43?,44?/m1/s1. The first-order valence-electron chi connectivity index (χ1n) is 24.5. The number of carbonyl (C=O) groups excluding carboxylic acids is 1. The normalized spacial score (nSPS) is 24.2. The lowest BCUT2D eigenvalue weighted by Crippen LogP contribution is -2.60. The van der Waals surface area contributed by atoms with E-state index in [2.05, 4.69) is 52.3 Å². The van der Waals surface area contributed by atoms with Crippen molar-refractivity contribution in [2.24, 2.45) is 9.98 Å². The van der Waals surface area contributed by atoms with Gasteiger partial charge in [-0.1, -0.05) is 48.9 Å². The number of aliphatic imine (C=N–C) groups is 2. The SMILES string of the molecule is O=C(C(CO)N1CCN(CC[C@@H]2CSC(c3cc4cc(Cl)cc(NC5CCCC5)c4[nH]3)=N2)CC1)C(CO)N1CCN(CC[C@@H]2CSC(c3cc4cc(Cl)cc(NC5CCCC5)c4[nH]3)=N2)CC1. The van der Waals surface area contributed by atoms with Gasteiger partial charge in [0.05, 0.1) is 71.2 Å². The van der Waals surface area contributed by atoms with Gasteiger partial charge in [-0.2, -0.15) is 0 Å². The Morgan fingerprint density at radius 1 is 0.636 bits per heavy atom. The summed E-state index contributed by atoms with van der Waals surface area (Å²) < 4.78 is 0. The van der Waals surface area contributed by atoms with Crippen LogP contribution in [0.5, 0.6) is 0 Å². The number of carbonyl (C=O) groups is 1. The van der Waals surface area contributed by atoms with Gasteiger partial charge in [0.2, 0.25) is 0 Å². The van der Waals surface area contributed by atoms with Crippen LogP contribution >= 0.6 is 46.7 Å². The molecule has 6 aliphatic rings. The van der Waals surface area contributed by atoms with Crippen LogP contribution in [0.3, 0.4) is 0 Å². The topological polar surface area (TPSA) is 151 Å². The lowest BCUT2D eigenvalue weighted by Gasteiger charge is -2.42. The maximum Gasteiger partial charge on any atom is 0.171 e. The van der Waals surface area contributed by atoms with Gasteiger partial charge in [-0.25, -0.2) is 0 Å². The number of piperazine rings is 2. The molecule has 10 rings (SSSR count). The number of aliphatic hydroxyl groups is 2. The molecule has 2 saturated heterocycles. The van der Waals surface area contributed by atoms with E-state index in [0.29, 0.717) is 38.3 Å². The van der Waals surface area contributed by atoms with Gasteiger partial charge in [0.15, 0.2) is 5.78 Å². The van der Waals surface area contributed by atoms with Crippen LogP contribution in [0, 0.1) is 0 Å². The Labute approximate surface area is 407 Å². The Hall–Kier alpha value is -2.83. The average Bonchev–Trinajstić information content (AvgIpc) is 4.18. The molecule has 2 aliphatic carbocycles. The fourth-order valence-electron chi connectivity index (χ4n) is 11.1. The van der Waals surface area contributed by atoms with Crippen molar-refractivity contribution in [3.8, 4) is 0 Å². The molecule has 17 heteroatoms. The minimum Gasteiger partial charge on any atom is -0.394 e. The first kappa shape index (κ1) is 46.9. The number of nitrogens with one attached hydrogen (secondary N) is 4. The molecule has 6 heterocycles. The van der Waals surface area contributed by atoms with Crippen molar-refractivity contribution in [3.63, 3.8) is 0 Å². The van der Waals surface area contributed by atoms with Gasteiger partial charge in [-0.15, -0.1) is 23.5 Å².